The topological polar surface area (TPSA) is 161 Å². The third kappa shape index (κ3) is 7.52. The molecule has 28 heavy (non-hydrogen) atoms. The summed E-state index contributed by atoms with van der Waals surface area (Å²) in [6, 6.07) is 11.1. The Morgan fingerprint density at radius 3 is 1.64 bits per heavy atom. The zero-order valence-electron chi connectivity index (χ0n) is 15.6. The third-order valence-corrected chi connectivity index (χ3v) is 3.18. The van der Waals surface area contributed by atoms with Gasteiger partial charge in [-0.1, -0.05) is 43.5 Å². The lowest BCUT2D eigenvalue weighted by molar-refractivity contribution is 0.100. The number of allylic oxidation sites excluding steroid dienone is 2. The minimum Gasteiger partial charge on any atom is -0.465 e. The fourth-order valence-electron chi connectivity index (χ4n) is 2.15. The Bertz CT molecular complexity index is 927. The average molecular weight is 386 g/mol. The van der Waals surface area contributed by atoms with Crippen molar-refractivity contribution in [2.45, 2.75) is 13.8 Å². The molecule has 0 fully saturated rings. The lowest BCUT2D eigenvalue weighted by atomic mass is 9.90. The van der Waals surface area contributed by atoms with E-state index in [0.717, 1.165) is 10.8 Å². The third-order valence-electron chi connectivity index (χ3n) is 3.18. The van der Waals surface area contributed by atoms with Crippen LogP contribution in [0, 0.1) is 0 Å². The number of nitrogens with two attached hydrogens (primary N) is 2. The maximum atomic E-state index is 12.4. The van der Waals surface area contributed by atoms with Gasteiger partial charge in [0.15, 0.2) is 11.6 Å². The summed E-state index contributed by atoms with van der Waals surface area (Å²) < 4.78 is 0. The molecule has 2 aromatic rings. The predicted molar refractivity (Wildman–Crippen MR) is 107 cm³/mol. The number of benzene rings is 2. The molecule has 0 aliphatic rings. The molecule has 2 amide bonds. The largest absolute Gasteiger partial charge is 0.465 e. The zero-order chi connectivity index (χ0) is 22.0. The molecule has 0 aliphatic carbocycles. The molecule has 0 bridgehead atoms. The summed E-state index contributed by atoms with van der Waals surface area (Å²) in [5.41, 5.74) is 9.70. The van der Waals surface area contributed by atoms with E-state index in [4.69, 9.17) is 19.8 Å². The van der Waals surface area contributed by atoms with Crippen molar-refractivity contribution in [3.63, 3.8) is 0 Å². The van der Waals surface area contributed by atoms with Gasteiger partial charge in [0.05, 0.1) is 0 Å². The Kier molecular flexibility index (Phi) is 9.38. The Hall–Kier alpha value is -3.94. The molecule has 0 atom stereocenters. The second-order valence-corrected chi connectivity index (χ2v) is 5.60. The number of hydrogen-bond acceptors (Lipinski definition) is 4. The highest BCUT2D eigenvalue weighted by atomic mass is 16.4. The minimum atomic E-state index is -1.33. The second kappa shape index (κ2) is 10.9. The van der Waals surface area contributed by atoms with Gasteiger partial charge < -0.3 is 21.7 Å². The van der Waals surface area contributed by atoms with Crippen molar-refractivity contribution in [2.24, 2.45) is 11.5 Å². The molecule has 0 unspecified atom stereocenters. The first kappa shape index (κ1) is 24.1. The van der Waals surface area contributed by atoms with E-state index in [0.29, 0.717) is 22.3 Å². The highest BCUT2D eigenvalue weighted by Crippen LogP contribution is 2.26. The van der Waals surface area contributed by atoms with Crippen LogP contribution in [0.15, 0.2) is 60.7 Å². The number of amides is 2. The summed E-state index contributed by atoms with van der Waals surface area (Å²) in [6.45, 7) is 10.7. The van der Waals surface area contributed by atoms with Crippen LogP contribution in [0.3, 0.4) is 0 Å². The van der Waals surface area contributed by atoms with E-state index in [1.807, 2.05) is 30.3 Å². The molecule has 6 N–H and O–H groups in total. The van der Waals surface area contributed by atoms with Crippen molar-refractivity contribution in [1.29, 1.82) is 0 Å². The summed E-state index contributed by atoms with van der Waals surface area (Å²) in [4.78, 5) is 42.2. The maximum Gasteiger partial charge on any atom is 0.402 e. The van der Waals surface area contributed by atoms with Crippen LogP contribution >= 0.6 is 0 Å². The SMILES string of the molecule is C=C(C)C(=O)c1ccc2ccccc2c1C(=O)C(=C)C.NC(=O)O.NC(=O)O. The molecule has 0 saturated carbocycles. The second-order valence-electron chi connectivity index (χ2n) is 5.60. The Morgan fingerprint density at radius 2 is 1.21 bits per heavy atom. The molecular formula is C20H22N2O6. The van der Waals surface area contributed by atoms with Crippen LogP contribution in [-0.4, -0.2) is 34.0 Å². The van der Waals surface area contributed by atoms with Gasteiger partial charge in [-0.15, -0.1) is 0 Å². The zero-order valence-corrected chi connectivity index (χ0v) is 15.6. The van der Waals surface area contributed by atoms with Crippen molar-refractivity contribution in [3.05, 3.63) is 71.8 Å². The summed E-state index contributed by atoms with van der Waals surface area (Å²) >= 11 is 0. The van der Waals surface area contributed by atoms with Gasteiger partial charge >= 0.3 is 12.2 Å². The number of carboxylic acid groups (broad SMARTS) is 2. The summed E-state index contributed by atoms with van der Waals surface area (Å²) in [7, 11) is 0. The molecule has 8 heteroatoms. The minimum absolute atomic E-state index is 0.202. The molecule has 0 aliphatic heterocycles. The van der Waals surface area contributed by atoms with Crippen LogP contribution in [0.2, 0.25) is 0 Å². The predicted octanol–water partition coefficient (Wildman–Crippen LogP) is 3.60. The molecule has 2 rings (SSSR count). The molecular weight excluding hydrogens is 364 g/mol. The van der Waals surface area contributed by atoms with Crippen molar-refractivity contribution in [2.75, 3.05) is 0 Å². The van der Waals surface area contributed by atoms with Crippen molar-refractivity contribution in [3.8, 4) is 0 Å². The van der Waals surface area contributed by atoms with Gasteiger partial charge in [-0.3, -0.25) is 9.59 Å². The smallest absolute Gasteiger partial charge is 0.402 e. The molecule has 8 nitrogen and oxygen atoms in total. The monoisotopic (exact) mass is 386 g/mol. The standard InChI is InChI=1S/C18H16O2.2CH3NO2/c1-11(2)17(19)15-10-9-13-7-5-6-8-14(13)16(15)18(20)12(3)4;2*2-1(3)4/h5-10H,1,3H2,2,4H3;2*2H2,(H,3,4). The highest BCUT2D eigenvalue weighted by Gasteiger charge is 2.20. The summed E-state index contributed by atoms with van der Waals surface area (Å²) in [6.07, 6.45) is -2.67. The number of carbonyl (C=O) groups is 4. The number of primary amides is 2. The van der Waals surface area contributed by atoms with Crippen molar-refractivity contribution in [1.82, 2.24) is 0 Å². The Labute approximate surface area is 161 Å². The highest BCUT2D eigenvalue weighted by molar-refractivity contribution is 6.24. The van der Waals surface area contributed by atoms with Gasteiger partial charge in [-0.05, 0) is 41.8 Å². The van der Waals surface area contributed by atoms with Gasteiger partial charge in [0.2, 0.25) is 0 Å². The van der Waals surface area contributed by atoms with Crippen LogP contribution in [0.25, 0.3) is 10.8 Å². The number of hydrogen-bond donors (Lipinski definition) is 4. The number of Topliss-reactive ketones (excluding diaryl/α,β-unsaturated/α-hetero) is 2. The fourth-order valence-corrected chi connectivity index (χ4v) is 2.15. The van der Waals surface area contributed by atoms with Gasteiger partial charge in [-0.2, -0.15) is 0 Å². The Balaban J connectivity index is 0.000000776. The first-order valence-corrected chi connectivity index (χ1v) is 7.79. The van der Waals surface area contributed by atoms with E-state index in [-0.39, 0.29) is 11.6 Å². The van der Waals surface area contributed by atoms with Crippen LogP contribution < -0.4 is 11.5 Å². The van der Waals surface area contributed by atoms with Gasteiger partial charge in [0.25, 0.3) is 0 Å². The van der Waals surface area contributed by atoms with Crippen LogP contribution in [0.4, 0.5) is 9.59 Å². The number of fused-ring (bicyclic) bond motifs is 1. The lowest BCUT2D eigenvalue weighted by Gasteiger charge is -2.11. The molecule has 0 aromatic heterocycles. The van der Waals surface area contributed by atoms with E-state index in [9.17, 15) is 9.59 Å². The average Bonchev–Trinajstić information content (AvgIpc) is 2.58. The normalized spacial score (nSPS) is 9.07. The van der Waals surface area contributed by atoms with E-state index in [2.05, 4.69) is 24.6 Å². The van der Waals surface area contributed by atoms with Gasteiger partial charge in [-0.25, -0.2) is 9.59 Å². The lowest BCUT2D eigenvalue weighted by Crippen LogP contribution is -2.11. The molecule has 148 valence electrons. The molecule has 0 saturated heterocycles. The number of rotatable bonds is 4. The first-order chi connectivity index (χ1) is 12.9. The molecule has 2 aromatic carbocycles. The van der Waals surface area contributed by atoms with E-state index in [1.54, 1.807) is 19.9 Å². The Morgan fingerprint density at radius 1 is 0.786 bits per heavy atom. The summed E-state index contributed by atoms with van der Waals surface area (Å²) in [5, 5.41) is 16.1. The number of carbonyl (C=O) groups excluding carboxylic acids is 2. The van der Waals surface area contributed by atoms with Crippen LogP contribution in [0.5, 0.6) is 0 Å². The molecule has 0 heterocycles. The molecule has 0 spiro atoms. The fraction of sp³-hybridized carbons (Fsp3) is 0.100. The maximum absolute atomic E-state index is 12.4. The first-order valence-electron chi connectivity index (χ1n) is 7.79. The van der Waals surface area contributed by atoms with Gasteiger partial charge in [0.1, 0.15) is 0 Å². The number of ketones is 2. The van der Waals surface area contributed by atoms with Gasteiger partial charge in [0, 0.05) is 11.1 Å². The van der Waals surface area contributed by atoms with Crippen LogP contribution in [0.1, 0.15) is 34.6 Å². The van der Waals surface area contributed by atoms with Crippen molar-refractivity contribution < 1.29 is 29.4 Å². The quantitative estimate of drug-likeness (QED) is 0.463. The summed E-state index contributed by atoms with van der Waals surface area (Å²) in [5.74, 6) is -0.410. The van der Waals surface area contributed by atoms with Crippen LogP contribution in [-0.2, 0) is 0 Å². The molecule has 0 radical (unpaired) electrons. The van der Waals surface area contributed by atoms with Crippen molar-refractivity contribution >= 4 is 34.5 Å². The van der Waals surface area contributed by atoms with E-state index in [1.165, 1.54) is 0 Å². The van der Waals surface area contributed by atoms with E-state index >= 15 is 0 Å². The van der Waals surface area contributed by atoms with E-state index < -0.39 is 12.2 Å².